The number of hydrogen-bond donors (Lipinski definition) is 0. The summed E-state index contributed by atoms with van der Waals surface area (Å²) in [7, 11) is 0. The summed E-state index contributed by atoms with van der Waals surface area (Å²) in [6, 6.07) is 0. The quantitative estimate of drug-likeness (QED) is 0.0406. The molecule has 0 aliphatic rings. The van der Waals surface area contributed by atoms with Crippen molar-refractivity contribution in [1.82, 2.24) is 0 Å². The van der Waals surface area contributed by atoms with Crippen LogP contribution in [0.25, 0.3) is 0 Å². The Labute approximate surface area is 286 Å². The van der Waals surface area contributed by atoms with Crippen LogP contribution in [0.5, 0.6) is 0 Å². The van der Waals surface area contributed by atoms with Crippen molar-refractivity contribution in [3.8, 4) is 0 Å². The molecule has 0 aromatic carbocycles. The number of unbranched alkanes of at least 4 members (excludes halogenated alkanes) is 28. The Morgan fingerprint density at radius 3 is 0.810 bits per heavy atom. The van der Waals surface area contributed by atoms with Crippen LogP contribution in [0.2, 0.25) is 0 Å². The van der Waals surface area contributed by atoms with Crippen LogP contribution >= 0.6 is 58.4 Å². The molecule has 0 nitrogen and oxygen atoms in total. The molecule has 1 rings (SSSR count). The zero-order valence-corrected chi connectivity index (χ0v) is 32.3. The van der Waals surface area contributed by atoms with Gasteiger partial charge in [0.05, 0.1) is 8.42 Å². The van der Waals surface area contributed by atoms with Crippen LogP contribution in [0, 0.1) is 3.14 Å². The van der Waals surface area contributed by atoms with E-state index in [1.807, 2.05) is 22.7 Å². The second-order valence-electron chi connectivity index (χ2n) is 12.6. The lowest BCUT2D eigenvalue weighted by Crippen LogP contribution is -1.85. The zero-order chi connectivity index (χ0) is 30.2. The molecule has 0 saturated carbocycles. The summed E-state index contributed by atoms with van der Waals surface area (Å²) in [5.41, 5.74) is 0. The van der Waals surface area contributed by atoms with Crippen LogP contribution in [0.1, 0.15) is 206 Å². The Kier molecular flexibility index (Phi) is 32.5. The second kappa shape index (κ2) is 33.3. The Balaban J connectivity index is 1.89. The van der Waals surface area contributed by atoms with Crippen molar-refractivity contribution in [3.05, 3.63) is 3.14 Å². The third kappa shape index (κ3) is 27.3. The standard InChI is InChI=1S/C37H70S5/c1-3-5-7-9-11-13-15-17-19-21-23-25-27-29-31-33-39-35-36(42-37(38)41-35)40-34-32-30-28-26-24-22-20-18-16-14-12-10-8-6-4-2/h3-34H2,1-2H3. The van der Waals surface area contributed by atoms with Crippen LogP contribution in [-0.2, 0) is 0 Å². The second-order valence-corrected chi connectivity index (χ2v) is 18.6. The van der Waals surface area contributed by atoms with Gasteiger partial charge >= 0.3 is 0 Å². The van der Waals surface area contributed by atoms with Gasteiger partial charge in [-0.3, -0.25) is 0 Å². The fraction of sp³-hybridized carbons (Fsp3) is 0.919. The van der Waals surface area contributed by atoms with E-state index >= 15 is 0 Å². The van der Waals surface area contributed by atoms with Crippen molar-refractivity contribution in [3.63, 3.8) is 0 Å². The van der Waals surface area contributed by atoms with Crippen LogP contribution in [0.4, 0.5) is 0 Å². The van der Waals surface area contributed by atoms with Crippen molar-refractivity contribution in [1.29, 1.82) is 0 Å². The summed E-state index contributed by atoms with van der Waals surface area (Å²) in [4.78, 5) is 0. The maximum Gasteiger partial charge on any atom is 0.145 e. The maximum absolute atomic E-state index is 5.56. The van der Waals surface area contributed by atoms with Crippen molar-refractivity contribution >= 4 is 58.4 Å². The smallest absolute Gasteiger partial charge is 0.113 e. The van der Waals surface area contributed by atoms with E-state index in [0.717, 1.165) is 3.14 Å². The van der Waals surface area contributed by atoms with Crippen LogP contribution in [-0.4, -0.2) is 11.5 Å². The van der Waals surface area contributed by atoms with E-state index in [0.29, 0.717) is 0 Å². The van der Waals surface area contributed by atoms with E-state index in [-0.39, 0.29) is 0 Å². The molecule has 42 heavy (non-hydrogen) atoms. The molecule has 1 heterocycles. The van der Waals surface area contributed by atoms with Crippen molar-refractivity contribution in [2.75, 3.05) is 11.5 Å². The molecule has 0 aliphatic carbocycles. The lowest BCUT2D eigenvalue weighted by Gasteiger charge is -2.05. The molecule has 0 N–H and O–H groups in total. The summed E-state index contributed by atoms with van der Waals surface area (Å²) < 4.78 is 4.15. The van der Waals surface area contributed by atoms with Crippen molar-refractivity contribution in [2.45, 2.75) is 215 Å². The highest BCUT2D eigenvalue weighted by Crippen LogP contribution is 2.41. The minimum Gasteiger partial charge on any atom is -0.113 e. The predicted molar refractivity (Wildman–Crippen MR) is 204 cm³/mol. The lowest BCUT2D eigenvalue weighted by molar-refractivity contribution is 0.535. The average Bonchev–Trinajstić information content (AvgIpc) is 3.35. The molecule has 248 valence electrons. The van der Waals surface area contributed by atoms with Gasteiger partial charge in [-0.15, -0.1) is 46.2 Å². The molecular weight excluding hydrogens is 605 g/mol. The number of thioether (sulfide) groups is 2. The molecule has 0 bridgehead atoms. The van der Waals surface area contributed by atoms with Gasteiger partial charge in [0.15, 0.2) is 0 Å². The van der Waals surface area contributed by atoms with E-state index in [4.69, 9.17) is 12.2 Å². The van der Waals surface area contributed by atoms with Gasteiger partial charge < -0.3 is 0 Å². The SMILES string of the molecule is CCCCCCCCCCCCCCCCCSc1sc(=S)sc1SCCCCCCCCCCCCCCCCC. The van der Waals surface area contributed by atoms with Crippen molar-refractivity contribution < 1.29 is 0 Å². The zero-order valence-electron chi connectivity index (χ0n) is 28.2. The molecule has 0 unspecified atom stereocenters. The third-order valence-corrected chi connectivity index (χ3v) is 14.2. The third-order valence-electron chi connectivity index (χ3n) is 8.48. The fourth-order valence-electron chi connectivity index (χ4n) is 5.71. The van der Waals surface area contributed by atoms with Crippen LogP contribution < -0.4 is 0 Å². The van der Waals surface area contributed by atoms with Gasteiger partial charge in [0.1, 0.15) is 3.14 Å². The first-order valence-electron chi connectivity index (χ1n) is 18.7. The largest absolute Gasteiger partial charge is 0.145 e. The molecule has 0 aliphatic heterocycles. The molecule has 1 aromatic heterocycles. The lowest BCUT2D eigenvalue weighted by atomic mass is 10.0. The first kappa shape index (κ1) is 41.0. The number of rotatable bonds is 34. The van der Waals surface area contributed by atoms with E-state index in [1.54, 1.807) is 0 Å². The Morgan fingerprint density at radius 1 is 0.357 bits per heavy atom. The van der Waals surface area contributed by atoms with Gasteiger partial charge in [-0.2, -0.15) is 0 Å². The normalized spacial score (nSPS) is 11.6. The van der Waals surface area contributed by atoms with Gasteiger partial charge in [-0.25, -0.2) is 0 Å². The molecule has 0 saturated heterocycles. The molecule has 0 radical (unpaired) electrons. The molecule has 0 spiro atoms. The fourth-order valence-corrected chi connectivity index (χ4v) is 12.0. The Hall–Kier alpha value is 0.970. The highest BCUT2D eigenvalue weighted by atomic mass is 32.2. The average molecular weight is 675 g/mol. The summed E-state index contributed by atoms with van der Waals surface area (Å²) in [6.45, 7) is 4.61. The van der Waals surface area contributed by atoms with Gasteiger partial charge in [0.2, 0.25) is 0 Å². The topological polar surface area (TPSA) is 0 Å². The highest BCUT2D eigenvalue weighted by molar-refractivity contribution is 8.05. The molecule has 0 atom stereocenters. The van der Waals surface area contributed by atoms with Gasteiger partial charge in [-0.05, 0) is 24.3 Å². The molecule has 5 heteroatoms. The predicted octanol–water partition coefficient (Wildman–Crippen LogP) is 16.5. The van der Waals surface area contributed by atoms with Crippen molar-refractivity contribution in [2.24, 2.45) is 0 Å². The van der Waals surface area contributed by atoms with Gasteiger partial charge in [0.25, 0.3) is 0 Å². The minimum atomic E-state index is 1.12. The maximum atomic E-state index is 5.56. The molecule has 0 fully saturated rings. The Morgan fingerprint density at radius 2 is 0.571 bits per heavy atom. The van der Waals surface area contributed by atoms with E-state index in [1.165, 1.54) is 213 Å². The molecule has 0 amide bonds. The first-order valence-corrected chi connectivity index (χ1v) is 22.7. The van der Waals surface area contributed by atoms with E-state index in [9.17, 15) is 0 Å². The van der Waals surface area contributed by atoms with Crippen LogP contribution in [0.15, 0.2) is 8.42 Å². The minimum absolute atomic E-state index is 1.12. The molecular formula is C37H70S5. The van der Waals surface area contributed by atoms with E-state index < -0.39 is 0 Å². The summed E-state index contributed by atoms with van der Waals surface area (Å²) in [5, 5.41) is 0. The monoisotopic (exact) mass is 674 g/mol. The van der Waals surface area contributed by atoms with E-state index in [2.05, 4.69) is 37.4 Å². The van der Waals surface area contributed by atoms with Crippen LogP contribution in [0.3, 0.4) is 0 Å². The summed E-state index contributed by atoms with van der Waals surface area (Å²) >= 11 is 13.5. The van der Waals surface area contributed by atoms with Gasteiger partial charge in [-0.1, -0.05) is 206 Å². The summed E-state index contributed by atoms with van der Waals surface area (Å²) in [6.07, 6.45) is 43.2. The first-order chi connectivity index (χ1) is 20.8. The number of hydrogen-bond acceptors (Lipinski definition) is 5. The van der Waals surface area contributed by atoms with Gasteiger partial charge in [0, 0.05) is 0 Å². The summed E-state index contributed by atoms with van der Waals surface area (Å²) in [5.74, 6) is 2.54. The highest BCUT2D eigenvalue weighted by Gasteiger charge is 2.09. The Bertz CT molecular complexity index is 653. The molecule has 1 aromatic rings.